The van der Waals surface area contributed by atoms with E-state index in [0.717, 1.165) is 44.9 Å². The molecule has 114 heavy (non-hydrogen) atoms. The first kappa shape index (κ1) is 106. The molecule has 670 valence electrons. The Morgan fingerprint density at radius 1 is 0.307 bits per heavy atom. The molecule has 3 rings (SSSR count). The molecule has 3 aliphatic heterocycles. The van der Waals surface area contributed by atoms with Crippen molar-refractivity contribution >= 4 is 5.91 Å². The van der Waals surface area contributed by atoms with Crippen molar-refractivity contribution in [1.29, 1.82) is 0 Å². The molecule has 0 aromatic heterocycles. The van der Waals surface area contributed by atoms with Crippen LogP contribution in [0.2, 0.25) is 0 Å². The number of ether oxygens (including phenoxy) is 6. The largest absolute Gasteiger partial charge is 0.394 e. The SMILES string of the molecule is CCCCCCCCCC/C=C\CCCCCCCCCCCCCCCCCCCCCCCCCCCCCCCC(=O)NC(COC1OC(CO)C(OC2OC(CO)C(OC3OC(CO)C(O)C(O)C3O)C(O)C2O)C(O)C1O)C(O)/C=C/CC/C=C/CC/C=C/CCCCCCCCCCCCCCCCCCCC. The van der Waals surface area contributed by atoms with Gasteiger partial charge in [-0.1, -0.05) is 390 Å². The summed E-state index contributed by atoms with van der Waals surface area (Å²) in [5.74, 6) is -0.281. The van der Waals surface area contributed by atoms with Crippen molar-refractivity contribution in [2.24, 2.45) is 0 Å². The highest BCUT2D eigenvalue weighted by molar-refractivity contribution is 5.76. The van der Waals surface area contributed by atoms with Crippen LogP contribution in [0.3, 0.4) is 0 Å². The molecule has 0 aromatic carbocycles. The Hall–Kier alpha value is -2.25. The van der Waals surface area contributed by atoms with E-state index in [1.54, 1.807) is 6.08 Å². The zero-order chi connectivity index (χ0) is 82.4. The molecule has 3 saturated heterocycles. The smallest absolute Gasteiger partial charge is 0.220 e. The zero-order valence-electron chi connectivity index (χ0n) is 72.6. The summed E-state index contributed by atoms with van der Waals surface area (Å²) in [6.07, 6.45) is 71.6. The summed E-state index contributed by atoms with van der Waals surface area (Å²) in [5.41, 5.74) is 0. The molecule has 0 saturated carbocycles. The third kappa shape index (κ3) is 52.2. The zero-order valence-corrected chi connectivity index (χ0v) is 72.6. The van der Waals surface area contributed by atoms with Gasteiger partial charge in [0.05, 0.1) is 38.6 Å². The fourth-order valence-corrected chi connectivity index (χ4v) is 16.2. The van der Waals surface area contributed by atoms with Crippen molar-refractivity contribution in [2.45, 2.75) is 523 Å². The fraction of sp³-hybridized carbons (Fsp3) is 0.905. The van der Waals surface area contributed by atoms with E-state index in [-0.39, 0.29) is 18.9 Å². The molecule has 0 aromatic rings. The molecule has 0 bridgehead atoms. The monoisotopic (exact) mass is 1620 g/mol. The van der Waals surface area contributed by atoms with E-state index in [9.17, 15) is 61.0 Å². The summed E-state index contributed by atoms with van der Waals surface area (Å²) in [4.78, 5) is 13.5. The number of unbranched alkanes of at least 4 members (excludes halogenated alkanes) is 57. The second-order valence-electron chi connectivity index (χ2n) is 34.2. The number of rotatable bonds is 79. The van der Waals surface area contributed by atoms with Gasteiger partial charge in [-0.25, -0.2) is 0 Å². The second kappa shape index (κ2) is 74.6. The molecule has 19 nitrogen and oxygen atoms in total. The number of carbonyl (C=O) groups is 1. The quantitative estimate of drug-likeness (QED) is 0.0199. The molecule has 12 N–H and O–H groups in total. The summed E-state index contributed by atoms with van der Waals surface area (Å²) in [6, 6.07) is -0.998. The van der Waals surface area contributed by atoms with Gasteiger partial charge >= 0.3 is 0 Å². The van der Waals surface area contributed by atoms with Gasteiger partial charge in [-0.05, 0) is 70.6 Å². The first-order chi connectivity index (χ1) is 55.8. The lowest BCUT2D eigenvalue weighted by atomic mass is 9.96. The van der Waals surface area contributed by atoms with Crippen molar-refractivity contribution in [3.05, 3.63) is 48.6 Å². The molecule has 19 heteroatoms. The summed E-state index contributed by atoms with van der Waals surface area (Å²) in [6.45, 7) is 1.78. The van der Waals surface area contributed by atoms with Gasteiger partial charge in [-0.15, -0.1) is 0 Å². The lowest BCUT2D eigenvalue weighted by molar-refractivity contribution is -0.379. The number of amides is 1. The number of carbonyl (C=O) groups excluding carboxylic acids is 1. The van der Waals surface area contributed by atoms with E-state index >= 15 is 0 Å². The number of allylic oxidation sites excluding steroid dienone is 7. The maximum absolute atomic E-state index is 13.5. The molecule has 0 spiro atoms. The Morgan fingerprint density at radius 2 is 0.561 bits per heavy atom. The summed E-state index contributed by atoms with van der Waals surface area (Å²) in [7, 11) is 0. The highest BCUT2D eigenvalue weighted by Gasteiger charge is 2.54. The van der Waals surface area contributed by atoms with Gasteiger partial charge in [-0.2, -0.15) is 0 Å². The molecule has 3 heterocycles. The average molecular weight is 1620 g/mol. The normalized spacial score (nSPS) is 24.9. The fourth-order valence-electron chi connectivity index (χ4n) is 16.2. The van der Waals surface area contributed by atoms with Gasteiger partial charge in [0.2, 0.25) is 5.91 Å². The molecule has 17 atom stereocenters. The molecule has 17 unspecified atom stereocenters. The summed E-state index contributed by atoms with van der Waals surface area (Å²) in [5, 5.41) is 121. The minimum atomic E-state index is -1.98. The lowest BCUT2D eigenvalue weighted by Crippen LogP contribution is -2.66. The molecule has 1 amide bonds. The molecule has 3 aliphatic rings. The number of hydrogen-bond donors (Lipinski definition) is 12. The first-order valence-electron chi connectivity index (χ1n) is 47.9. The Morgan fingerprint density at radius 3 is 0.877 bits per heavy atom. The van der Waals surface area contributed by atoms with E-state index < -0.39 is 124 Å². The van der Waals surface area contributed by atoms with E-state index in [0.29, 0.717) is 12.8 Å². The number of aliphatic hydroxyl groups excluding tert-OH is 11. The number of nitrogens with one attached hydrogen (secondary N) is 1. The van der Waals surface area contributed by atoms with E-state index in [1.165, 1.54) is 340 Å². The van der Waals surface area contributed by atoms with Crippen LogP contribution in [0.1, 0.15) is 418 Å². The standard InChI is InChI=1S/C95H177NO18/c1-3-5-7-9-11-13-15-17-19-21-23-25-27-29-31-33-34-35-36-37-38-39-40-41-42-43-44-45-47-49-51-53-55-57-59-61-63-65-67-69-71-73-83(101)96-78(79(100)72-70-68-66-64-62-60-58-56-54-52-50-48-46-32-30-28-26-24-22-20-18-16-14-12-10-8-6-4-2)77-109-93-89(107)86(104)91(81(75-98)111-93)114-95-90(108)87(105)92(82(76-99)112-95)113-94-88(106)85(103)84(102)80(74-97)110-94/h21,23,54,56,62,64,70,72,78-82,84-95,97-100,102-108H,3-20,22,24-53,55,57-61,63,65-69,71,73-77H2,1-2H3,(H,96,101)/b23-21-,56-54+,64-62+,72-70+. The lowest BCUT2D eigenvalue weighted by Gasteiger charge is -2.48. The van der Waals surface area contributed by atoms with E-state index in [2.05, 4.69) is 55.6 Å². The van der Waals surface area contributed by atoms with Crippen LogP contribution >= 0.6 is 0 Å². The number of aliphatic hydroxyl groups is 11. The minimum absolute atomic E-state index is 0.236. The van der Waals surface area contributed by atoms with Crippen molar-refractivity contribution in [2.75, 3.05) is 26.4 Å². The van der Waals surface area contributed by atoms with Crippen LogP contribution in [0.15, 0.2) is 48.6 Å². The molecular formula is C95H177NO18. The van der Waals surface area contributed by atoms with Gasteiger partial charge in [0.25, 0.3) is 0 Å². The van der Waals surface area contributed by atoms with Crippen LogP contribution in [0.25, 0.3) is 0 Å². The maximum Gasteiger partial charge on any atom is 0.220 e. The van der Waals surface area contributed by atoms with Crippen LogP contribution in [0, 0.1) is 0 Å². The highest BCUT2D eigenvalue weighted by Crippen LogP contribution is 2.34. The van der Waals surface area contributed by atoms with Gasteiger partial charge in [0.1, 0.15) is 73.2 Å². The Labute approximate surface area is 694 Å². The summed E-state index contributed by atoms with van der Waals surface area (Å²) < 4.78 is 34.5. The van der Waals surface area contributed by atoms with Crippen LogP contribution in [-0.2, 0) is 33.2 Å². The van der Waals surface area contributed by atoms with Crippen molar-refractivity contribution in [3.8, 4) is 0 Å². The first-order valence-corrected chi connectivity index (χ1v) is 47.9. The van der Waals surface area contributed by atoms with Gasteiger partial charge in [0, 0.05) is 6.42 Å². The third-order valence-electron chi connectivity index (χ3n) is 23.8. The van der Waals surface area contributed by atoms with E-state index in [1.807, 2.05) is 6.08 Å². The van der Waals surface area contributed by atoms with Crippen LogP contribution in [-0.4, -0.2) is 193 Å². The Balaban J connectivity index is 1.30. The minimum Gasteiger partial charge on any atom is -0.394 e. The van der Waals surface area contributed by atoms with Crippen molar-refractivity contribution in [1.82, 2.24) is 5.32 Å². The molecule has 0 aliphatic carbocycles. The third-order valence-corrected chi connectivity index (χ3v) is 23.8. The molecular weight excluding hydrogens is 1440 g/mol. The number of hydrogen-bond acceptors (Lipinski definition) is 18. The Kier molecular flexibility index (Phi) is 69.3. The predicted octanol–water partition coefficient (Wildman–Crippen LogP) is 19.1. The highest BCUT2D eigenvalue weighted by atomic mass is 16.8. The van der Waals surface area contributed by atoms with Crippen LogP contribution in [0.4, 0.5) is 0 Å². The Bertz CT molecular complexity index is 2240. The average Bonchev–Trinajstić information content (AvgIpc) is 0.782. The molecule has 3 fully saturated rings. The van der Waals surface area contributed by atoms with E-state index in [4.69, 9.17) is 28.4 Å². The van der Waals surface area contributed by atoms with Crippen molar-refractivity contribution in [3.63, 3.8) is 0 Å². The van der Waals surface area contributed by atoms with Gasteiger partial charge in [0.15, 0.2) is 18.9 Å². The van der Waals surface area contributed by atoms with Gasteiger partial charge < -0.3 is 89.9 Å². The topological polar surface area (TPSA) is 307 Å². The van der Waals surface area contributed by atoms with Crippen molar-refractivity contribution < 1.29 is 89.4 Å². The summed E-state index contributed by atoms with van der Waals surface area (Å²) >= 11 is 0. The predicted molar refractivity (Wildman–Crippen MR) is 462 cm³/mol. The molecule has 0 radical (unpaired) electrons. The van der Waals surface area contributed by atoms with Gasteiger partial charge in [-0.3, -0.25) is 4.79 Å². The van der Waals surface area contributed by atoms with Crippen LogP contribution < -0.4 is 5.32 Å². The second-order valence-corrected chi connectivity index (χ2v) is 34.2. The van der Waals surface area contributed by atoms with Crippen LogP contribution in [0.5, 0.6) is 0 Å². The maximum atomic E-state index is 13.5.